The fourth-order valence-electron chi connectivity index (χ4n) is 5.31. The molecule has 3 aromatic carbocycles. The Balaban J connectivity index is 1.30. The summed E-state index contributed by atoms with van der Waals surface area (Å²) in [7, 11) is 0. The van der Waals surface area contributed by atoms with Gasteiger partial charge in [0.05, 0.1) is 5.71 Å². The smallest absolute Gasteiger partial charge is 0.254 e. The van der Waals surface area contributed by atoms with E-state index < -0.39 is 0 Å². The van der Waals surface area contributed by atoms with Gasteiger partial charge in [0.2, 0.25) is 0 Å². The van der Waals surface area contributed by atoms with E-state index in [-0.39, 0.29) is 23.7 Å². The molecule has 6 heteroatoms. The minimum atomic E-state index is -0.357. The van der Waals surface area contributed by atoms with Gasteiger partial charge in [-0.3, -0.25) is 14.6 Å². The molecule has 1 saturated heterocycles. The molecule has 2 aliphatic heterocycles. The molecule has 5 rings (SSSR count). The maximum atomic E-state index is 14.6. The molecule has 188 valence electrons. The van der Waals surface area contributed by atoms with Crippen LogP contribution in [0.2, 0.25) is 0 Å². The van der Waals surface area contributed by atoms with Crippen molar-refractivity contribution < 1.29 is 14.0 Å². The molecule has 37 heavy (non-hydrogen) atoms. The molecule has 0 aliphatic carbocycles. The molecular formula is C31H30FN3O2. The van der Waals surface area contributed by atoms with Crippen LogP contribution in [0.5, 0.6) is 0 Å². The predicted octanol–water partition coefficient (Wildman–Crippen LogP) is 5.77. The molecule has 2 heterocycles. The van der Waals surface area contributed by atoms with E-state index in [1.807, 2.05) is 53.1 Å². The first-order valence-electron chi connectivity index (χ1n) is 12.6. The third kappa shape index (κ3) is 4.84. The minimum Gasteiger partial charge on any atom is -0.338 e. The van der Waals surface area contributed by atoms with Gasteiger partial charge in [0.25, 0.3) is 11.8 Å². The first-order chi connectivity index (χ1) is 17.8. The van der Waals surface area contributed by atoms with Crippen molar-refractivity contribution in [1.29, 1.82) is 0 Å². The summed E-state index contributed by atoms with van der Waals surface area (Å²) in [6.07, 6.45) is 1.51. The van der Waals surface area contributed by atoms with Crippen LogP contribution in [0.3, 0.4) is 0 Å². The Labute approximate surface area is 216 Å². The van der Waals surface area contributed by atoms with Gasteiger partial charge in [-0.15, -0.1) is 0 Å². The van der Waals surface area contributed by atoms with Gasteiger partial charge >= 0.3 is 0 Å². The van der Waals surface area contributed by atoms with Crippen molar-refractivity contribution in [3.8, 4) is 0 Å². The van der Waals surface area contributed by atoms with Gasteiger partial charge in [0, 0.05) is 53.6 Å². The number of nitrogens with zero attached hydrogens (tertiary/aromatic N) is 3. The maximum Gasteiger partial charge on any atom is 0.254 e. The predicted molar refractivity (Wildman–Crippen MR) is 143 cm³/mol. The molecular weight excluding hydrogens is 465 g/mol. The largest absolute Gasteiger partial charge is 0.338 e. The Hall–Kier alpha value is -4.06. The van der Waals surface area contributed by atoms with Crippen LogP contribution in [0.4, 0.5) is 4.39 Å². The molecule has 0 radical (unpaired) electrons. The lowest BCUT2D eigenvalue weighted by Gasteiger charge is -2.36. The van der Waals surface area contributed by atoms with Gasteiger partial charge in [-0.25, -0.2) is 4.39 Å². The van der Waals surface area contributed by atoms with E-state index in [1.54, 1.807) is 31.2 Å². The zero-order valence-electron chi connectivity index (χ0n) is 21.2. The average molecular weight is 496 g/mol. The summed E-state index contributed by atoms with van der Waals surface area (Å²) < 4.78 is 14.6. The van der Waals surface area contributed by atoms with Gasteiger partial charge in [-0.2, -0.15) is 0 Å². The van der Waals surface area contributed by atoms with Gasteiger partial charge < -0.3 is 9.80 Å². The number of aliphatic imine (C=N–C) groups is 1. The summed E-state index contributed by atoms with van der Waals surface area (Å²) in [5.41, 5.74) is 5.52. The zero-order valence-corrected chi connectivity index (χ0v) is 21.2. The van der Waals surface area contributed by atoms with Gasteiger partial charge in [0.15, 0.2) is 0 Å². The summed E-state index contributed by atoms with van der Waals surface area (Å²) in [6, 6.07) is 19.9. The second-order valence-electron chi connectivity index (χ2n) is 9.82. The van der Waals surface area contributed by atoms with E-state index in [1.165, 1.54) is 6.07 Å². The maximum absolute atomic E-state index is 14.6. The summed E-state index contributed by atoms with van der Waals surface area (Å²) in [6.45, 7) is 9.39. The Morgan fingerprint density at radius 3 is 2.38 bits per heavy atom. The van der Waals surface area contributed by atoms with E-state index >= 15 is 0 Å². The van der Waals surface area contributed by atoms with Crippen LogP contribution >= 0.6 is 0 Å². The molecule has 0 saturated carbocycles. The Kier molecular flexibility index (Phi) is 6.74. The van der Waals surface area contributed by atoms with Crippen molar-refractivity contribution in [2.75, 3.05) is 13.1 Å². The number of likely N-dealkylation sites (tertiary alicyclic amines) is 1. The fraction of sp³-hybridized carbons (Fsp3) is 0.258. The second-order valence-corrected chi connectivity index (χ2v) is 9.82. The van der Waals surface area contributed by atoms with Crippen LogP contribution in [0.1, 0.15) is 62.7 Å². The van der Waals surface area contributed by atoms with E-state index in [4.69, 9.17) is 0 Å². The number of rotatable bonds is 5. The number of carbonyl (C=O) groups excluding carboxylic acids is 2. The molecule has 0 unspecified atom stereocenters. The number of amides is 2. The van der Waals surface area contributed by atoms with Crippen LogP contribution in [-0.2, 0) is 6.54 Å². The molecule has 0 spiro atoms. The van der Waals surface area contributed by atoms with E-state index in [9.17, 15) is 14.0 Å². The average Bonchev–Trinajstić information content (AvgIpc) is 3.24. The highest BCUT2D eigenvalue weighted by atomic mass is 19.1. The zero-order chi connectivity index (χ0) is 26.1. The highest BCUT2D eigenvalue weighted by Gasteiger charge is 2.35. The number of hydrogen-bond acceptors (Lipinski definition) is 3. The number of piperidine rings is 1. The van der Waals surface area contributed by atoms with Crippen molar-refractivity contribution in [2.24, 2.45) is 4.99 Å². The normalized spacial score (nSPS) is 16.2. The van der Waals surface area contributed by atoms with Crippen molar-refractivity contribution in [3.63, 3.8) is 0 Å². The van der Waals surface area contributed by atoms with E-state index in [2.05, 4.69) is 11.6 Å². The quantitative estimate of drug-likeness (QED) is 0.422. The number of aryl methyl sites for hydroxylation is 1. The van der Waals surface area contributed by atoms with Crippen molar-refractivity contribution in [1.82, 2.24) is 9.80 Å². The summed E-state index contributed by atoms with van der Waals surface area (Å²) in [4.78, 5) is 34.5. The van der Waals surface area contributed by atoms with Crippen LogP contribution in [0.25, 0.3) is 0 Å². The Morgan fingerprint density at radius 2 is 1.70 bits per heavy atom. The van der Waals surface area contributed by atoms with Crippen molar-refractivity contribution >= 4 is 17.5 Å². The lowest BCUT2D eigenvalue weighted by atomic mass is 9.95. The van der Waals surface area contributed by atoms with Crippen molar-refractivity contribution in [3.05, 3.63) is 118 Å². The number of carbonyl (C=O) groups is 2. The topological polar surface area (TPSA) is 53.0 Å². The Bertz CT molecular complexity index is 1420. The molecule has 5 nitrogen and oxygen atoms in total. The van der Waals surface area contributed by atoms with Crippen LogP contribution in [0.15, 0.2) is 84.0 Å². The summed E-state index contributed by atoms with van der Waals surface area (Å²) in [5.74, 6) is -0.299. The third-order valence-electron chi connectivity index (χ3n) is 7.20. The highest BCUT2D eigenvalue weighted by Crippen LogP contribution is 2.29. The first-order valence-corrected chi connectivity index (χ1v) is 12.6. The minimum absolute atomic E-state index is 0.0339. The molecule has 2 aliphatic rings. The number of hydrogen-bond donors (Lipinski definition) is 0. The SMILES string of the molecule is C=C(C)N=C(c1ccc(C(=O)N2CCC(N3Cc4ccccc4C3=O)CC2)cc1C)c1ccccc1F. The number of fused-ring (bicyclic) bond motifs is 1. The molecule has 2 amide bonds. The summed E-state index contributed by atoms with van der Waals surface area (Å²) in [5, 5.41) is 0. The standard InChI is InChI=1S/C31H30FN3O2/c1-20(2)33-29(27-10-6-7-11-28(27)32)25-13-12-22(18-21(25)3)30(36)34-16-14-24(15-17-34)35-19-23-8-4-5-9-26(23)31(35)37/h4-13,18,24H,1,14-17,19H2,2-3H3. The van der Waals surface area contributed by atoms with Crippen LogP contribution < -0.4 is 0 Å². The number of halogens is 1. The monoisotopic (exact) mass is 495 g/mol. The van der Waals surface area contributed by atoms with E-state index in [0.29, 0.717) is 42.2 Å². The molecule has 0 aromatic heterocycles. The van der Waals surface area contributed by atoms with Crippen LogP contribution in [0, 0.1) is 12.7 Å². The molecule has 0 N–H and O–H groups in total. The lowest BCUT2D eigenvalue weighted by Crippen LogP contribution is -2.46. The fourth-order valence-corrected chi connectivity index (χ4v) is 5.31. The highest BCUT2D eigenvalue weighted by molar-refractivity contribution is 6.14. The van der Waals surface area contributed by atoms with Gasteiger partial charge in [0.1, 0.15) is 5.82 Å². The molecule has 0 atom stereocenters. The summed E-state index contributed by atoms with van der Waals surface area (Å²) >= 11 is 0. The van der Waals surface area contributed by atoms with E-state index in [0.717, 1.165) is 35.1 Å². The Morgan fingerprint density at radius 1 is 1.00 bits per heavy atom. The molecule has 1 fully saturated rings. The van der Waals surface area contributed by atoms with Crippen molar-refractivity contribution in [2.45, 2.75) is 39.3 Å². The third-order valence-corrected chi connectivity index (χ3v) is 7.20. The van der Waals surface area contributed by atoms with Gasteiger partial charge in [-0.1, -0.05) is 43.0 Å². The molecule has 0 bridgehead atoms. The first kappa shape index (κ1) is 24.6. The number of allylic oxidation sites excluding steroid dienone is 1. The number of benzene rings is 3. The molecule has 3 aromatic rings. The second kappa shape index (κ2) is 10.1. The van der Waals surface area contributed by atoms with Crippen LogP contribution in [-0.4, -0.2) is 46.5 Å². The lowest BCUT2D eigenvalue weighted by molar-refractivity contribution is 0.0535. The van der Waals surface area contributed by atoms with Gasteiger partial charge in [-0.05, 0) is 68.1 Å².